The lowest BCUT2D eigenvalue weighted by Crippen LogP contribution is -2.55. The number of hydrogen-bond acceptors (Lipinski definition) is 5. The van der Waals surface area contributed by atoms with Gasteiger partial charge in [-0.05, 0) is 24.8 Å². The molecule has 1 fully saturated rings. The Kier molecular flexibility index (Phi) is 7.01. The number of ether oxygens (including phenoxy) is 1. The van der Waals surface area contributed by atoms with Gasteiger partial charge in [0, 0.05) is 44.7 Å². The van der Waals surface area contributed by atoms with Gasteiger partial charge in [-0.15, -0.1) is 11.3 Å². The van der Waals surface area contributed by atoms with Crippen LogP contribution in [0.1, 0.15) is 11.8 Å². The quantitative estimate of drug-likeness (QED) is 0.790. The standard InChI is InChI=1S/C16H25N3O3S/c1-13(16(21)17-6-5-14-4-3-11-23-14)18-7-9-19(10-8-18)15(20)12-22-2/h3-4,11,13H,5-10,12H2,1-2H3,(H,17,21). The van der Waals surface area contributed by atoms with E-state index in [2.05, 4.69) is 16.3 Å². The van der Waals surface area contributed by atoms with E-state index >= 15 is 0 Å². The minimum atomic E-state index is -0.169. The molecular weight excluding hydrogens is 314 g/mol. The van der Waals surface area contributed by atoms with Crippen LogP contribution < -0.4 is 5.32 Å². The summed E-state index contributed by atoms with van der Waals surface area (Å²) in [4.78, 5) is 29.2. The van der Waals surface area contributed by atoms with Crippen molar-refractivity contribution >= 4 is 23.2 Å². The van der Waals surface area contributed by atoms with Crippen LogP contribution >= 0.6 is 11.3 Å². The summed E-state index contributed by atoms with van der Waals surface area (Å²) in [5.41, 5.74) is 0. The lowest BCUT2D eigenvalue weighted by molar-refractivity contribution is -0.137. The van der Waals surface area contributed by atoms with Crippen molar-refractivity contribution < 1.29 is 14.3 Å². The van der Waals surface area contributed by atoms with E-state index in [1.54, 1.807) is 16.2 Å². The van der Waals surface area contributed by atoms with Gasteiger partial charge in [-0.3, -0.25) is 14.5 Å². The summed E-state index contributed by atoms with van der Waals surface area (Å²) >= 11 is 1.71. The number of hydrogen-bond donors (Lipinski definition) is 1. The van der Waals surface area contributed by atoms with E-state index in [4.69, 9.17) is 4.74 Å². The van der Waals surface area contributed by atoms with Gasteiger partial charge in [-0.1, -0.05) is 6.07 Å². The van der Waals surface area contributed by atoms with Gasteiger partial charge in [0.15, 0.2) is 0 Å². The predicted octanol–water partition coefficient (Wildman–Crippen LogP) is 0.586. The molecule has 0 bridgehead atoms. The molecular formula is C16H25N3O3S. The second-order valence-corrected chi connectivity index (χ2v) is 6.68. The second-order valence-electron chi connectivity index (χ2n) is 5.65. The zero-order valence-electron chi connectivity index (χ0n) is 13.8. The summed E-state index contributed by atoms with van der Waals surface area (Å²) < 4.78 is 4.88. The molecule has 6 nitrogen and oxygen atoms in total. The fourth-order valence-electron chi connectivity index (χ4n) is 2.65. The number of carbonyl (C=O) groups is 2. The summed E-state index contributed by atoms with van der Waals surface area (Å²) in [6.45, 7) is 5.44. The molecule has 1 aliphatic rings. The maximum absolute atomic E-state index is 12.2. The highest BCUT2D eigenvalue weighted by Crippen LogP contribution is 2.09. The summed E-state index contributed by atoms with van der Waals surface area (Å²) in [5.74, 6) is 0.0680. The van der Waals surface area contributed by atoms with Crippen LogP contribution in [-0.4, -0.2) is 74.1 Å². The Morgan fingerprint density at radius 1 is 1.35 bits per heavy atom. The van der Waals surface area contributed by atoms with Gasteiger partial charge < -0.3 is 15.0 Å². The molecule has 1 saturated heterocycles. The molecule has 2 heterocycles. The van der Waals surface area contributed by atoms with E-state index in [-0.39, 0.29) is 24.5 Å². The average Bonchev–Trinajstić information content (AvgIpc) is 3.08. The van der Waals surface area contributed by atoms with Crippen molar-refractivity contribution in [3.05, 3.63) is 22.4 Å². The summed E-state index contributed by atoms with van der Waals surface area (Å²) in [6.07, 6.45) is 0.870. The monoisotopic (exact) mass is 339 g/mol. The van der Waals surface area contributed by atoms with Crippen molar-refractivity contribution in [1.82, 2.24) is 15.1 Å². The van der Waals surface area contributed by atoms with Crippen molar-refractivity contribution in [3.63, 3.8) is 0 Å². The highest BCUT2D eigenvalue weighted by atomic mass is 32.1. The van der Waals surface area contributed by atoms with E-state index in [1.807, 2.05) is 18.4 Å². The van der Waals surface area contributed by atoms with Gasteiger partial charge in [0.25, 0.3) is 0 Å². The Bertz CT molecular complexity index is 499. The third-order valence-electron chi connectivity index (χ3n) is 4.11. The lowest BCUT2D eigenvalue weighted by atomic mass is 10.2. The van der Waals surface area contributed by atoms with E-state index < -0.39 is 0 Å². The third-order valence-corrected chi connectivity index (χ3v) is 5.05. The Morgan fingerprint density at radius 3 is 2.70 bits per heavy atom. The number of carbonyl (C=O) groups excluding carboxylic acids is 2. The maximum atomic E-state index is 12.2. The Balaban J connectivity index is 1.70. The Labute approximate surface area is 141 Å². The molecule has 0 spiro atoms. The number of nitrogens with one attached hydrogen (secondary N) is 1. The Hall–Kier alpha value is -1.44. The highest BCUT2D eigenvalue weighted by molar-refractivity contribution is 7.09. The van der Waals surface area contributed by atoms with Crippen LogP contribution in [0.5, 0.6) is 0 Å². The number of rotatable bonds is 7. The van der Waals surface area contributed by atoms with E-state index in [1.165, 1.54) is 12.0 Å². The van der Waals surface area contributed by atoms with E-state index in [0.717, 1.165) is 19.5 Å². The number of nitrogens with zero attached hydrogens (tertiary/aromatic N) is 2. The van der Waals surface area contributed by atoms with Gasteiger partial charge in [-0.2, -0.15) is 0 Å². The van der Waals surface area contributed by atoms with Crippen LogP contribution in [0.2, 0.25) is 0 Å². The first-order valence-corrected chi connectivity index (χ1v) is 8.80. The topological polar surface area (TPSA) is 61.9 Å². The minimum Gasteiger partial charge on any atom is -0.375 e. The summed E-state index contributed by atoms with van der Waals surface area (Å²) in [5, 5.41) is 5.04. The van der Waals surface area contributed by atoms with Crippen LogP contribution in [-0.2, 0) is 20.7 Å². The van der Waals surface area contributed by atoms with Crippen molar-refractivity contribution in [2.24, 2.45) is 0 Å². The Morgan fingerprint density at radius 2 is 2.09 bits per heavy atom. The SMILES string of the molecule is COCC(=O)N1CCN(C(C)C(=O)NCCc2cccs2)CC1. The zero-order chi connectivity index (χ0) is 16.7. The third kappa shape index (κ3) is 5.30. The van der Waals surface area contributed by atoms with Crippen molar-refractivity contribution in [1.29, 1.82) is 0 Å². The molecule has 1 aromatic rings. The molecule has 1 aromatic heterocycles. The molecule has 1 atom stereocenters. The molecule has 23 heavy (non-hydrogen) atoms. The molecule has 1 N–H and O–H groups in total. The van der Waals surface area contributed by atoms with Crippen molar-refractivity contribution in [2.45, 2.75) is 19.4 Å². The van der Waals surface area contributed by atoms with Crippen LogP contribution in [0.4, 0.5) is 0 Å². The molecule has 1 aliphatic heterocycles. The largest absolute Gasteiger partial charge is 0.375 e. The fraction of sp³-hybridized carbons (Fsp3) is 0.625. The number of amides is 2. The second kappa shape index (κ2) is 9.00. The molecule has 0 aliphatic carbocycles. The van der Waals surface area contributed by atoms with Crippen molar-refractivity contribution in [2.75, 3.05) is 46.4 Å². The first-order chi connectivity index (χ1) is 11.1. The minimum absolute atomic E-state index is 0.0141. The average molecular weight is 339 g/mol. The molecule has 0 radical (unpaired) electrons. The molecule has 0 aromatic carbocycles. The molecule has 1 unspecified atom stereocenters. The van der Waals surface area contributed by atoms with Gasteiger partial charge >= 0.3 is 0 Å². The molecule has 7 heteroatoms. The van der Waals surface area contributed by atoms with Gasteiger partial charge in [0.05, 0.1) is 6.04 Å². The normalized spacial score (nSPS) is 17.0. The molecule has 2 amide bonds. The van der Waals surface area contributed by atoms with Crippen molar-refractivity contribution in [3.8, 4) is 0 Å². The molecule has 0 saturated carbocycles. The van der Waals surface area contributed by atoms with Crippen LogP contribution in [0.15, 0.2) is 17.5 Å². The summed E-state index contributed by atoms with van der Waals surface area (Å²) in [7, 11) is 1.52. The number of methoxy groups -OCH3 is 1. The molecule has 128 valence electrons. The number of piperazine rings is 1. The van der Waals surface area contributed by atoms with Crippen LogP contribution in [0.3, 0.4) is 0 Å². The highest BCUT2D eigenvalue weighted by Gasteiger charge is 2.27. The van der Waals surface area contributed by atoms with E-state index in [9.17, 15) is 9.59 Å². The van der Waals surface area contributed by atoms with Crippen LogP contribution in [0.25, 0.3) is 0 Å². The summed E-state index contributed by atoms with van der Waals surface area (Å²) in [6, 6.07) is 3.93. The van der Waals surface area contributed by atoms with Gasteiger partial charge in [0.2, 0.25) is 11.8 Å². The first-order valence-electron chi connectivity index (χ1n) is 7.92. The van der Waals surface area contributed by atoms with Gasteiger partial charge in [0.1, 0.15) is 6.61 Å². The fourth-order valence-corrected chi connectivity index (χ4v) is 3.36. The zero-order valence-corrected chi connectivity index (χ0v) is 14.6. The first kappa shape index (κ1) is 17.9. The lowest BCUT2D eigenvalue weighted by Gasteiger charge is -2.37. The molecule has 2 rings (SSSR count). The van der Waals surface area contributed by atoms with Crippen LogP contribution in [0, 0.1) is 0 Å². The number of thiophene rings is 1. The van der Waals surface area contributed by atoms with E-state index in [0.29, 0.717) is 19.6 Å². The predicted molar refractivity (Wildman–Crippen MR) is 90.5 cm³/mol. The van der Waals surface area contributed by atoms with Gasteiger partial charge in [-0.25, -0.2) is 0 Å². The smallest absolute Gasteiger partial charge is 0.248 e. The maximum Gasteiger partial charge on any atom is 0.248 e.